The van der Waals surface area contributed by atoms with E-state index in [1.54, 1.807) is 11.8 Å². The summed E-state index contributed by atoms with van der Waals surface area (Å²) in [7, 11) is 0. The number of nitrogens with one attached hydrogen (secondary N) is 1. The predicted molar refractivity (Wildman–Crippen MR) is 99.7 cm³/mol. The molecule has 1 aromatic carbocycles. The third kappa shape index (κ3) is 2.65. The maximum Gasteiger partial charge on any atom is 0.268 e. The highest BCUT2D eigenvalue weighted by Crippen LogP contribution is 2.26. The van der Waals surface area contributed by atoms with Crippen molar-refractivity contribution in [2.24, 2.45) is 0 Å². The Morgan fingerprint density at radius 2 is 2.12 bits per heavy atom. The van der Waals surface area contributed by atoms with Crippen molar-refractivity contribution < 1.29 is 0 Å². The van der Waals surface area contributed by atoms with Crippen molar-refractivity contribution in [1.82, 2.24) is 19.5 Å². The van der Waals surface area contributed by atoms with E-state index < -0.39 is 0 Å². The maximum atomic E-state index is 12.1. The van der Waals surface area contributed by atoms with Gasteiger partial charge < -0.3 is 9.55 Å². The molecule has 0 amide bonds. The number of fused-ring (bicyclic) bond motifs is 2. The van der Waals surface area contributed by atoms with Crippen LogP contribution in [0.1, 0.15) is 5.82 Å². The number of hydrogen-bond acceptors (Lipinski definition) is 5. The van der Waals surface area contributed by atoms with Crippen molar-refractivity contribution in [2.45, 2.75) is 17.5 Å². The van der Waals surface area contributed by atoms with Crippen LogP contribution < -0.4 is 5.56 Å². The zero-order valence-electron chi connectivity index (χ0n) is 12.7. The lowest BCUT2D eigenvalue weighted by Gasteiger charge is -2.05. The van der Waals surface area contributed by atoms with Crippen LogP contribution in [0.3, 0.4) is 0 Å². The molecule has 0 radical (unpaired) electrons. The standard InChI is InChI=1S/C17H14N4OS2/c1-2-8-21-13-6-4-3-5-11(13)19-17(21)24-10-14-18-12-7-9-23-15(12)16(22)20-14/h2-7,9H,1,8,10H2,(H,18,20,22). The Balaban J connectivity index is 1.67. The fourth-order valence-corrected chi connectivity index (χ4v) is 4.21. The first-order valence-electron chi connectivity index (χ1n) is 7.41. The van der Waals surface area contributed by atoms with Gasteiger partial charge in [0.05, 0.1) is 22.3 Å². The van der Waals surface area contributed by atoms with E-state index in [0.717, 1.165) is 21.7 Å². The van der Waals surface area contributed by atoms with Gasteiger partial charge in [-0.25, -0.2) is 9.97 Å². The number of hydrogen-bond donors (Lipinski definition) is 1. The smallest absolute Gasteiger partial charge is 0.268 e. The van der Waals surface area contributed by atoms with Crippen LogP contribution in [0.15, 0.2) is 58.3 Å². The molecular weight excluding hydrogens is 340 g/mol. The van der Waals surface area contributed by atoms with E-state index in [1.807, 2.05) is 41.8 Å². The van der Waals surface area contributed by atoms with E-state index >= 15 is 0 Å². The Kier molecular flexibility index (Phi) is 3.95. The van der Waals surface area contributed by atoms with E-state index in [-0.39, 0.29) is 5.56 Å². The van der Waals surface area contributed by atoms with Gasteiger partial charge in [-0.15, -0.1) is 17.9 Å². The number of rotatable bonds is 5. The first kappa shape index (κ1) is 15.2. The number of aromatic amines is 1. The molecule has 120 valence electrons. The molecule has 4 aromatic rings. The zero-order chi connectivity index (χ0) is 16.5. The molecule has 24 heavy (non-hydrogen) atoms. The molecule has 0 bridgehead atoms. The second-order valence-electron chi connectivity index (χ2n) is 5.22. The molecule has 0 atom stereocenters. The number of para-hydroxylation sites is 2. The lowest BCUT2D eigenvalue weighted by atomic mass is 10.3. The number of imidazole rings is 1. The van der Waals surface area contributed by atoms with Crippen molar-refractivity contribution in [3.8, 4) is 0 Å². The Hall–Kier alpha value is -2.38. The number of thiophene rings is 1. The van der Waals surface area contributed by atoms with E-state index in [1.165, 1.54) is 11.3 Å². The van der Waals surface area contributed by atoms with Crippen LogP contribution in [0, 0.1) is 0 Å². The molecule has 0 aliphatic carbocycles. The lowest BCUT2D eigenvalue weighted by Crippen LogP contribution is -2.09. The van der Waals surface area contributed by atoms with Gasteiger partial charge in [0.15, 0.2) is 5.16 Å². The molecule has 0 fully saturated rings. The SMILES string of the molecule is C=CCn1c(SCc2nc3ccsc3c(=O)[nH]2)nc2ccccc21. The molecule has 0 spiro atoms. The summed E-state index contributed by atoms with van der Waals surface area (Å²) in [5.74, 6) is 1.22. The summed E-state index contributed by atoms with van der Waals surface area (Å²) in [6.07, 6.45) is 1.86. The summed E-state index contributed by atoms with van der Waals surface area (Å²) < 4.78 is 2.79. The second-order valence-corrected chi connectivity index (χ2v) is 7.08. The van der Waals surface area contributed by atoms with Gasteiger partial charge in [-0.05, 0) is 23.6 Å². The van der Waals surface area contributed by atoms with E-state index in [4.69, 9.17) is 0 Å². The highest BCUT2D eigenvalue weighted by atomic mass is 32.2. The van der Waals surface area contributed by atoms with E-state index in [2.05, 4.69) is 26.1 Å². The van der Waals surface area contributed by atoms with Gasteiger partial charge in [0, 0.05) is 6.54 Å². The van der Waals surface area contributed by atoms with E-state index in [9.17, 15) is 4.79 Å². The Morgan fingerprint density at radius 1 is 1.25 bits per heavy atom. The van der Waals surface area contributed by atoms with Crippen molar-refractivity contribution in [3.63, 3.8) is 0 Å². The van der Waals surface area contributed by atoms with Crippen LogP contribution in [0.2, 0.25) is 0 Å². The van der Waals surface area contributed by atoms with Gasteiger partial charge in [-0.2, -0.15) is 0 Å². The average molecular weight is 354 g/mol. The largest absolute Gasteiger partial charge is 0.315 e. The number of thioether (sulfide) groups is 1. The molecule has 3 heterocycles. The first-order valence-corrected chi connectivity index (χ1v) is 9.28. The monoisotopic (exact) mass is 354 g/mol. The summed E-state index contributed by atoms with van der Waals surface area (Å²) in [5, 5.41) is 2.78. The van der Waals surface area contributed by atoms with Crippen molar-refractivity contribution in [2.75, 3.05) is 0 Å². The van der Waals surface area contributed by atoms with Gasteiger partial charge >= 0.3 is 0 Å². The summed E-state index contributed by atoms with van der Waals surface area (Å²) in [4.78, 5) is 24.1. The van der Waals surface area contributed by atoms with Gasteiger partial charge in [-0.3, -0.25) is 4.79 Å². The van der Waals surface area contributed by atoms with Crippen LogP contribution in [0.4, 0.5) is 0 Å². The van der Waals surface area contributed by atoms with Gasteiger partial charge in [0.25, 0.3) is 5.56 Å². The average Bonchev–Trinajstić information content (AvgIpc) is 3.19. The number of benzene rings is 1. The minimum absolute atomic E-state index is 0.0785. The molecule has 4 rings (SSSR count). The Bertz CT molecular complexity index is 1090. The van der Waals surface area contributed by atoms with Gasteiger partial charge in [0.1, 0.15) is 10.5 Å². The van der Waals surface area contributed by atoms with Crippen molar-refractivity contribution in [3.05, 3.63) is 64.5 Å². The maximum absolute atomic E-state index is 12.1. The molecule has 0 aliphatic heterocycles. The molecule has 0 aliphatic rings. The fourth-order valence-electron chi connectivity index (χ4n) is 2.59. The number of nitrogens with zero attached hydrogens (tertiary/aromatic N) is 3. The highest BCUT2D eigenvalue weighted by Gasteiger charge is 2.11. The fraction of sp³-hybridized carbons (Fsp3) is 0.118. The van der Waals surface area contributed by atoms with Crippen LogP contribution in [-0.2, 0) is 12.3 Å². The molecule has 0 saturated heterocycles. The summed E-state index contributed by atoms with van der Waals surface area (Å²) >= 11 is 2.97. The molecular formula is C17H14N4OS2. The third-order valence-corrected chi connectivity index (χ3v) is 5.52. The number of H-pyrrole nitrogens is 1. The molecule has 3 aromatic heterocycles. The topological polar surface area (TPSA) is 63.6 Å². The second kappa shape index (κ2) is 6.26. The van der Waals surface area contributed by atoms with Crippen LogP contribution in [-0.4, -0.2) is 19.5 Å². The minimum atomic E-state index is -0.0785. The molecule has 0 unspecified atom stereocenters. The van der Waals surface area contributed by atoms with E-state index in [0.29, 0.717) is 22.8 Å². The molecule has 0 saturated carbocycles. The minimum Gasteiger partial charge on any atom is -0.315 e. The Morgan fingerprint density at radius 3 is 3.00 bits per heavy atom. The lowest BCUT2D eigenvalue weighted by molar-refractivity contribution is 0.748. The third-order valence-electron chi connectivity index (χ3n) is 3.63. The molecule has 1 N–H and O–H groups in total. The van der Waals surface area contributed by atoms with Gasteiger partial charge in [0.2, 0.25) is 0 Å². The quantitative estimate of drug-likeness (QED) is 0.437. The van der Waals surface area contributed by atoms with Crippen molar-refractivity contribution >= 4 is 44.3 Å². The van der Waals surface area contributed by atoms with Gasteiger partial charge in [-0.1, -0.05) is 30.0 Å². The number of aromatic nitrogens is 4. The Labute approximate surface area is 146 Å². The summed E-state index contributed by atoms with van der Waals surface area (Å²) in [6, 6.07) is 9.90. The normalized spacial score (nSPS) is 11.3. The molecule has 5 nitrogen and oxygen atoms in total. The van der Waals surface area contributed by atoms with Crippen molar-refractivity contribution in [1.29, 1.82) is 0 Å². The summed E-state index contributed by atoms with van der Waals surface area (Å²) in [6.45, 7) is 4.52. The number of allylic oxidation sites excluding steroid dienone is 1. The van der Waals surface area contributed by atoms with Crippen LogP contribution in [0.25, 0.3) is 21.3 Å². The highest BCUT2D eigenvalue weighted by molar-refractivity contribution is 7.98. The first-order chi connectivity index (χ1) is 11.8. The summed E-state index contributed by atoms with van der Waals surface area (Å²) in [5.41, 5.74) is 2.70. The van der Waals surface area contributed by atoms with Crippen LogP contribution >= 0.6 is 23.1 Å². The van der Waals surface area contributed by atoms with Crippen LogP contribution in [0.5, 0.6) is 0 Å². The zero-order valence-corrected chi connectivity index (χ0v) is 14.4. The predicted octanol–water partition coefficient (Wildman–Crippen LogP) is 3.81. The molecule has 7 heteroatoms.